The van der Waals surface area contributed by atoms with Crippen LogP contribution in [-0.4, -0.2) is 60.6 Å². The third-order valence-corrected chi connectivity index (χ3v) is 7.74. The summed E-state index contributed by atoms with van der Waals surface area (Å²) in [5.41, 5.74) is 1.52. The molecule has 1 amide bonds. The second kappa shape index (κ2) is 10.9. The molecule has 1 aliphatic carbocycles. The van der Waals surface area contributed by atoms with Crippen molar-refractivity contribution in [3.8, 4) is 11.5 Å². The van der Waals surface area contributed by atoms with Crippen LogP contribution in [-0.2, 0) is 11.2 Å². The molecular weight excluding hydrogens is 462 g/mol. The Morgan fingerprint density at radius 3 is 2.47 bits per heavy atom. The molecule has 0 radical (unpaired) electrons. The van der Waals surface area contributed by atoms with Crippen LogP contribution in [0.25, 0.3) is 0 Å². The number of fused-ring (bicyclic) bond motifs is 1. The minimum Gasteiger partial charge on any atom is -0.454 e. The summed E-state index contributed by atoms with van der Waals surface area (Å²) in [6.45, 7) is 8.87. The summed E-state index contributed by atoms with van der Waals surface area (Å²) >= 11 is 0. The first kappa shape index (κ1) is 25.2. The second-order valence-electron chi connectivity index (χ2n) is 10.8. The number of rotatable bonds is 9. The molecule has 7 heteroatoms. The summed E-state index contributed by atoms with van der Waals surface area (Å²) in [4.78, 5) is 18.1. The van der Waals surface area contributed by atoms with Crippen molar-refractivity contribution in [1.82, 2.24) is 9.80 Å². The number of piperidine rings is 1. The predicted octanol–water partition coefficient (Wildman–Crippen LogP) is 5.67. The van der Waals surface area contributed by atoms with E-state index in [2.05, 4.69) is 18.7 Å². The summed E-state index contributed by atoms with van der Waals surface area (Å²) < 4.78 is 39.3. The van der Waals surface area contributed by atoms with Crippen LogP contribution in [0.1, 0.15) is 55.5 Å². The van der Waals surface area contributed by atoms with Crippen molar-refractivity contribution in [3.05, 3.63) is 59.2 Å². The molecular formula is C29H36F2N2O3. The van der Waals surface area contributed by atoms with Gasteiger partial charge in [0.25, 0.3) is 5.91 Å². The highest BCUT2D eigenvalue weighted by atomic mass is 19.1. The number of carbonyl (C=O) groups excluding carboxylic acids is 1. The molecule has 2 aromatic rings. The molecule has 0 bridgehead atoms. The average molecular weight is 499 g/mol. The molecule has 2 aromatic carbocycles. The third-order valence-electron chi connectivity index (χ3n) is 7.74. The Labute approximate surface area is 212 Å². The summed E-state index contributed by atoms with van der Waals surface area (Å²) in [7, 11) is 0. The molecule has 36 heavy (non-hydrogen) atoms. The standard InChI is InChI=1S/C29H36F2N2O3/c1-19(2)27(18-35-23-10-12-32(13-11-23)17-20-3-4-20)33-14-9-21-5-7-24(16-25(21)29(33)34)36-28-8-6-22(30)15-26(28)31/h5-8,15-16,19-20,23,27H,3-4,9-14,17-18H2,1-2H3. The summed E-state index contributed by atoms with van der Waals surface area (Å²) in [6.07, 6.45) is 5.87. The van der Waals surface area contributed by atoms with Crippen molar-refractivity contribution in [3.63, 3.8) is 0 Å². The number of amides is 1. The largest absolute Gasteiger partial charge is 0.454 e. The number of hydrogen-bond donors (Lipinski definition) is 0. The quantitative estimate of drug-likeness (QED) is 0.447. The van der Waals surface area contributed by atoms with Gasteiger partial charge in [-0.05, 0) is 73.8 Å². The van der Waals surface area contributed by atoms with Gasteiger partial charge < -0.3 is 19.3 Å². The van der Waals surface area contributed by atoms with Crippen LogP contribution in [0.4, 0.5) is 8.78 Å². The number of hydrogen-bond acceptors (Lipinski definition) is 4. The van der Waals surface area contributed by atoms with E-state index in [4.69, 9.17) is 9.47 Å². The fourth-order valence-electron chi connectivity index (χ4n) is 5.34. The maximum absolute atomic E-state index is 14.1. The molecule has 2 aliphatic heterocycles. The summed E-state index contributed by atoms with van der Waals surface area (Å²) in [5.74, 6) is -0.0572. The number of carbonyl (C=O) groups is 1. The van der Waals surface area contributed by atoms with E-state index in [1.54, 1.807) is 12.1 Å². The Hall–Kier alpha value is -2.51. The highest BCUT2D eigenvalue weighted by Crippen LogP contribution is 2.32. The topological polar surface area (TPSA) is 42.0 Å². The normalized spacial score (nSPS) is 20.0. The number of halogens is 2. The Bertz CT molecular complexity index is 1080. The maximum Gasteiger partial charge on any atom is 0.254 e. The maximum atomic E-state index is 14.1. The van der Waals surface area contributed by atoms with E-state index in [1.165, 1.54) is 25.5 Å². The van der Waals surface area contributed by atoms with Gasteiger partial charge in [0.05, 0.1) is 18.8 Å². The van der Waals surface area contributed by atoms with E-state index in [1.807, 2.05) is 11.0 Å². The van der Waals surface area contributed by atoms with Gasteiger partial charge in [-0.25, -0.2) is 8.78 Å². The first-order chi connectivity index (χ1) is 17.4. The van der Waals surface area contributed by atoms with Gasteiger partial charge in [0, 0.05) is 37.8 Å². The summed E-state index contributed by atoms with van der Waals surface area (Å²) in [6, 6.07) is 8.41. The van der Waals surface area contributed by atoms with Crippen LogP contribution in [0.2, 0.25) is 0 Å². The zero-order chi connectivity index (χ0) is 25.2. The molecule has 1 unspecified atom stereocenters. The highest BCUT2D eigenvalue weighted by Gasteiger charge is 2.33. The van der Waals surface area contributed by atoms with Gasteiger partial charge in [-0.15, -0.1) is 0 Å². The smallest absolute Gasteiger partial charge is 0.254 e. The molecule has 0 spiro atoms. The molecule has 1 atom stereocenters. The van der Waals surface area contributed by atoms with Crippen LogP contribution < -0.4 is 4.74 Å². The van der Waals surface area contributed by atoms with Crippen molar-refractivity contribution in [1.29, 1.82) is 0 Å². The zero-order valence-corrected chi connectivity index (χ0v) is 21.2. The minimum atomic E-state index is -0.781. The molecule has 2 fully saturated rings. The first-order valence-corrected chi connectivity index (χ1v) is 13.3. The molecule has 5 rings (SSSR count). The average Bonchev–Trinajstić information content (AvgIpc) is 3.67. The van der Waals surface area contributed by atoms with Gasteiger partial charge in [-0.3, -0.25) is 4.79 Å². The van der Waals surface area contributed by atoms with Crippen molar-refractivity contribution in [2.75, 3.05) is 32.8 Å². The van der Waals surface area contributed by atoms with E-state index >= 15 is 0 Å². The van der Waals surface area contributed by atoms with Gasteiger partial charge in [0.15, 0.2) is 11.6 Å². The molecule has 1 saturated heterocycles. The molecule has 1 saturated carbocycles. The van der Waals surface area contributed by atoms with Crippen LogP contribution >= 0.6 is 0 Å². The predicted molar refractivity (Wildman–Crippen MR) is 134 cm³/mol. The lowest BCUT2D eigenvalue weighted by Crippen LogP contribution is -2.50. The molecule has 5 nitrogen and oxygen atoms in total. The van der Waals surface area contributed by atoms with Gasteiger partial charge in [0.1, 0.15) is 11.6 Å². The Morgan fingerprint density at radius 1 is 1.00 bits per heavy atom. The fraction of sp³-hybridized carbons (Fsp3) is 0.552. The zero-order valence-electron chi connectivity index (χ0n) is 21.2. The minimum absolute atomic E-state index is 0.0192. The van der Waals surface area contributed by atoms with E-state index in [0.29, 0.717) is 24.5 Å². The SMILES string of the molecule is CC(C)C(COC1CCN(CC2CC2)CC1)N1CCc2ccc(Oc3ccc(F)cc3F)cc2C1=O. The Morgan fingerprint density at radius 2 is 1.78 bits per heavy atom. The second-order valence-corrected chi connectivity index (χ2v) is 10.8. The number of ether oxygens (including phenoxy) is 2. The number of likely N-dealkylation sites (tertiary alicyclic amines) is 1. The molecule has 2 heterocycles. The lowest BCUT2D eigenvalue weighted by atomic mass is 9.94. The van der Waals surface area contributed by atoms with Crippen molar-refractivity contribution < 1.29 is 23.0 Å². The van der Waals surface area contributed by atoms with Gasteiger partial charge in [-0.2, -0.15) is 0 Å². The monoisotopic (exact) mass is 498 g/mol. The molecule has 194 valence electrons. The van der Waals surface area contributed by atoms with Crippen molar-refractivity contribution in [2.24, 2.45) is 11.8 Å². The van der Waals surface area contributed by atoms with Crippen LogP contribution in [0, 0.1) is 23.5 Å². The van der Waals surface area contributed by atoms with E-state index in [-0.39, 0.29) is 29.7 Å². The fourth-order valence-corrected chi connectivity index (χ4v) is 5.34. The highest BCUT2D eigenvalue weighted by molar-refractivity contribution is 5.97. The van der Waals surface area contributed by atoms with Crippen LogP contribution in [0.5, 0.6) is 11.5 Å². The van der Waals surface area contributed by atoms with E-state index in [9.17, 15) is 13.6 Å². The number of nitrogens with zero attached hydrogens (tertiary/aromatic N) is 2. The van der Waals surface area contributed by atoms with Gasteiger partial charge in [0.2, 0.25) is 0 Å². The molecule has 3 aliphatic rings. The molecule has 0 N–H and O–H groups in total. The lowest BCUT2D eigenvalue weighted by Gasteiger charge is -2.39. The first-order valence-electron chi connectivity index (χ1n) is 13.3. The van der Waals surface area contributed by atoms with Crippen molar-refractivity contribution >= 4 is 5.91 Å². The van der Waals surface area contributed by atoms with E-state index in [0.717, 1.165) is 56.0 Å². The van der Waals surface area contributed by atoms with Crippen molar-refractivity contribution in [2.45, 2.75) is 58.1 Å². The summed E-state index contributed by atoms with van der Waals surface area (Å²) in [5, 5.41) is 0. The van der Waals surface area contributed by atoms with E-state index < -0.39 is 11.6 Å². The van der Waals surface area contributed by atoms with Crippen LogP contribution in [0.15, 0.2) is 36.4 Å². The van der Waals surface area contributed by atoms with Gasteiger partial charge >= 0.3 is 0 Å². The molecule has 0 aromatic heterocycles. The Balaban J connectivity index is 1.22. The third kappa shape index (κ3) is 5.89. The number of benzene rings is 2. The Kier molecular flexibility index (Phi) is 7.58. The van der Waals surface area contributed by atoms with Crippen LogP contribution in [0.3, 0.4) is 0 Å². The lowest BCUT2D eigenvalue weighted by molar-refractivity contribution is -0.0285. The van der Waals surface area contributed by atoms with Gasteiger partial charge in [-0.1, -0.05) is 19.9 Å².